The van der Waals surface area contributed by atoms with E-state index >= 15 is 0 Å². The third-order valence-electron chi connectivity index (χ3n) is 4.82. The third-order valence-corrected chi connectivity index (χ3v) is 4.82. The number of amides is 1. The molecule has 6 nitrogen and oxygen atoms in total. The molecule has 1 saturated heterocycles. The first-order valence-electron chi connectivity index (χ1n) is 9.01. The van der Waals surface area contributed by atoms with Crippen LogP contribution in [0.2, 0.25) is 0 Å². The Bertz CT molecular complexity index is 752. The van der Waals surface area contributed by atoms with Crippen LogP contribution in [-0.4, -0.2) is 63.2 Å². The molecule has 1 amide bonds. The first kappa shape index (κ1) is 21.9. The molecule has 1 aliphatic rings. The SMILES string of the molecule is COc1cc(C(=O)N2CCN(Cc3ccccc3)CC2)cc(OC)c1OC.[Cl-]. The summed E-state index contributed by atoms with van der Waals surface area (Å²) in [5.74, 6) is 1.45. The first-order chi connectivity index (χ1) is 13.2. The van der Waals surface area contributed by atoms with Crippen LogP contribution in [0.25, 0.3) is 0 Å². The van der Waals surface area contributed by atoms with Crippen molar-refractivity contribution in [1.82, 2.24) is 9.80 Å². The highest BCUT2D eigenvalue weighted by Gasteiger charge is 2.24. The van der Waals surface area contributed by atoms with Crippen LogP contribution in [-0.2, 0) is 6.54 Å². The van der Waals surface area contributed by atoms with Gasteiger partial charge in [0.1, 0.15) is 0 Å². The molecule has 0 saturated carbocycles. The van der Waals surface area contributed by atoms with Gasteiger partial charge in [-0.15, -0.1) is 0 Å². The predicted octanol–water partition coefficient (Wildman–Crippen LogP) is -0.326. The minimum atomic E-state index is -0.0198. The van der Waals surface area contributed by atoms with E-state index in [1.165, 1.54) is 5.56 Å². The van der Waals surface area contributed by atoms with E-state index in [1.54, 1.807) is 33.5 Å². The number of methoxy groups -OCH3 is 3. The Morgan fingerprint density at radius 3 is 1.96 bits per heavy atom. The van der Waals surface area contributed by atoms with E-state index in [-0.39, 0.29) is 18.3 Å². The van der Waals surface area contributed by atoms with Gasteiger partial charge in [-0.1, -0.05) is 30.3 Å². The molecule has 0 unspecified atom stereocenters. The van der Waals surface area contributed by atoms with E-state index in [2.05, 4.69) is 29.2 Å². The highest BCUT2D eigenvalue weighted by atomic mass is 35.5. The molecule has 2 aromatic carbocycles. The van der Waals surface area contributed by atoms with E-state index < -0.39 is 0 Å². The van der Waals surface area contributed by atoms with Crippen LogP contribution >= 0.6 is 0 Å². The summed E-state index contributed by atoms with van der Waals surface area (Å²) in [4.78, 5) is 17.2. The van der Waals surface area contributed by atoms with Crippen molar-refractivity contribution in [2.45, 2.75) is 6.54 Å². The van der Waals surface area contributed by atoms with Gasteiger partial charge in [-0.05, 0) is 17.7 Å². The molecule has 0 bridgehead atoms. The van der Waals surface area contributed by atoms with Gasteiger partial charge in [0.25, 0.3) is 5.91 Å². The van der Waals surface area contributed by atoms with Crippen LogP contribution in [0.1, 0.15) is 15.9 Å². The summed E-state index contributed by atoms with van der Waals surface area (Å²) in [5.41, 5.74) is 1.84. The maximum Gasteiger partial charge on any atom is 0.254 e. The highest BCUT2D eigenvalue weighted by molar-refractivity contribution is 5.95. The average Bonchev–Trinajstić information content (AvgIpc) is 2.73. The molecule has 1 heterocycles. The predicted molar refractivity (Wildman–Crippen MR) is 104 cm³/mol. The number of ether oxygens (including phenoxy) is 3. The van der Waals surface area contributed by atoms with Crippen LogP contribution in [0, 0.1) is 0 Å². The molecule has 7 heteroatoms. The molecule has 0 atom stereocenters. The molecule has 0 spiro atoms. The molecule has 0 N–H and O–H groups in total. The van der Waals surface area contributed by atoms with Gasteiger partial charge in [0.2, 0.25) is 5.75 Å². The van der Waals surface area contributed by atoms with E-state index in [0.717, 1.165) is 19.6 Å². The van der Waals surface area contributed by atoms with E-state index in [0.29, 0.717) is 35.9 Å². The van der Waals surface area contributed by atoms with Crippen LogP contribution in [0.4, 0.5) is 0 Å². The zero-order chi connectivity index (χ0) is 19.2. The van der Waals surface area contributed by atoms with Gasteiger partial charge < -0.3 is 31.5 Å². The Morgan fingerprint density at radius 1 is 0.893 bits per heavy atom. The number of piperazine rings is 1. The molecule has 0 aliphatic carbocycles. The number of benzene rings is 2. The van der Waals surface area contributed by atoms with Crippen LogP contribution in [0.5, 0.6) is 17.2 Å². The van der Waals surface area contributed by atoms with Crippen LogP contribution in [0.3, 0.4) is 0 Å². The van der Waals surface area contributed by atoms with Crippen LogP contribution < -0.4 is 26.6 Å². The Morgan fingerprint density at radius 2 is 1.46 bits per heavy atom. The zero-order valence-electron chi connectivity index (χ0n) is 16.5. The second kappa shape index (κ2) is 10.2. The normalized spacial score (nSPS) is 14.2. The molecule has 1 aliphatic heterocycles. The zero-order valence-corrected chi connectivity index (χ0v) is 17.2. The molecule has 2 aromatic rings. The van der Waals surface area contributed by atoms with Gasteiger partial charge in [0.15, 0.2) is 11.5 Å². The minimum Gasteiger partial charge on any atom is -1.00 e. The lowest BCUT2D eigenvalue weighted by molar-refractivity contribution is -0.0000170. The maximum absolute atomic E-state index is 13.0. The Balaban J connectivity index is 0.00000280. The Labute approximate surface area is 172 Å². The number of hydrogen-bond acceptors (Lipinski definition) is 5. The fraction of sp³-hybridized carbons (Fsp3) is 0.381. The summed E-state index contributed by atoms with van der Waals surface area (Å²) >= 11 is 0. The maximum atomic E-state index is 13.0. The van der Waals surface area contributed by atoms with Crippen molar-refractivity contribution in [1.29, 1.82) is 0 Å². The van der Waals surface area contributed by atoms with Crippen molar-refractivity contribution in [3.05, 3.63) is 53.6 Å². The quantitative estimate of drug-likeness (QED) is 0.659. The minimum absolute atomic E-state index is 0. The smallest absolute Gasteiger partial charge is 0.254 e. The van der Waals surface area contributed by atoms with Gasteiger partial charge in [-0.3, -0.25) is 9.69 Å². The van der Waals surface area contributed by atoms with Crippen molar-refractivity contribution in [2.24, 2.45) is 0 Å². The summed E-state index contributed by atoms with van der Waals surface area (Å²) in [5, 5.41) is 0. The number of carbonyl (C=O) groups is 1. The van der Waals surface area contributed by atoms with E-state index in [9.17, 15) is 4.79 Å². The number of nitrogens with zero attached hydrogens (tertiary/aromatic N) is 2. The Hall–Kier alpha value is -2.44. The fourth-order valence-electron chi connectivity index (χ4n) is 3.34. The summed E-state index contributed by atoms with van der Waals surface area (Å²) < 4.78 is 16.0. The van der Waals surface area contributed by atoms with Crippen molar-refractivity contribution in [3.8, 4) is 17.2 Å². The Kier molecular flexibility index (Phi) is 7.96. The van der Waals surface area contributed by atoms with Gasteiger partial charge in [-0.25, -0.2) is 0 Å². The van der Waals surface area contributed by atoms with Gasteiger partial charge in [0, 0.05) is 38.3 Å². The van der Waals surface area contributed by atoms with Crippen molar-refractivity contribution >= 4 is 5.91 Å². The van der Waals surface area contributed by atoms with Crippen molar-refractivity contribution in [3.63, 3.8) is 0 Å². The monoisotopic (exact) mass is 405 g/mol. The molecule has 28 heavy (non-hydrogen) atoms. The summed E-state index contributed by atoms with van der Waals surface area (Å²) in [6.45, 7) is 4.01. The fourth-order valence-corrected chi connectivity index (χ4v) is 3.34. The summed E-state index contributed by atoms with van der Waals surface area (Å²) in [6, 6.07) is 13.8. The highest BCUT2D eigenvalue weighted by Crippen LogP contribution is 2.38. The average molecular weight is 406 g/mol. The molecule has 1 fully saturated rings. The number of carbonyl (C=O) groups excluding carboxylic acids is 1. The van der Waals surface area contributed by atoms with Crippen molar-refractivity contribution in [2.75, 3.05) is 47.5 Å². The van der Waals surface area contributed by atoms with Gasteiger partial charge in [0.05, 0.1) is 21.3 Å². The largest absolute Gasteiger partial charge is 1.00 e. The van der Waals surface area contributed by atoms with Gasteiger partial charge >= 0.3 is 0 Å². The lowest BCUT2D eigenvalue weighted by Crippen LogP contribution is -3.00. The number of hydrogen-bond donors (Lipinski definition) is 0. The number of halogens is 1. The topological polar surface area (TPSA) is 51.2 Å². The standard InChI is InChI=1S/C21H26N2O4.ClH/c1-25-18-13-17(14-19(26-2)20(18)27-3)21(24)23-11-9-22(10-12-23)15-16-7-5-4-6-8-16;/h4-8,13-14H,9-12,15H2,1-3H3;1H/p-1. The van der Waals surface area contributed by atoms with Gasteiger partial charge in [-0.2, -0.15) is 0 Å². The second-order valence-electron chi connectivity index (χ2n) is 6.47. The second-order valence-corrected chi connectivity index (χ2v) is 6.47. The molecule has 3 rings (SSSR count). The van der Waals surface area contributed by atoms with Crippen molar-refractivity contribution < 1.29 is 31.4 Å². The molecular formula is C21H26ClN2O4-. The van der Waals surface area contributed by atoms with Crippen LogP contribution in [0.15, 0.2) is 42.5 Å². The first-order valence-corrected chi connectivity index (χ1v) is 9.01. The lowest BCUT2D eigenvalue weighted by Gasteiger charge is -2.35. The van der Waals surface area contributed by atoms with E-state index in [4.69, 9.17) is 14.2 Å². The number of rotatable bonds is 6. The molecular weight excluding hydrogens is 380 g/mol. The lowest BCUT2D eigenvalue weighted by atomic mass is 10.1. The molecule has 0 radical (unpaired) electrons. The van der Waals surface area contributed by atoms with E-state index in [1.807, 2.05) is 11.0 Å². The summed E-state index contributed by atoms with van der Waals surface area (Å²) in [6.07, 6.45) is 0. The molecule has 0 aromatic heterocycles. The molecule has 152 valence electrons. The summed E-state index contributed by atoms with van der Waals surface area (Å²) in [7, 11) is 4.65. The third kappa shape index (κ3) is 4.88.